The maximum Gasteiger partial charge on any atom is 0.183 e. The molecule has 0 saturated carbocycles. The van der Waals surface area contributed by atoms with Crippen LogP contribution in [0.5, 0.6) is 0 Å². The van der Waals surface area contributed by atoms with E-state index in [0.717, 1.165) is 32.1 Å². The molecular formula is C24H45O6-. The van der Waals surface area contributed by atoms with E-state index in [9.17, 15) is 20.1 Å². The van der Waals surface area contributed by atoms with Crippen molar-refractivity contribution < 1.29 is 29.6 Å². The van der Waals surface area contributed by atoms with Crippen LogP contribution in [0.25, 0.3) is 0 Å². The van der Waals surface area contributed by atoms with Gasteiger partial charge in [-0.25, -0.2) is 0 Å². The van der Waals surface area contributed by atoms with Crippen LogP contribution in [0.15, 0.2) is 0 Å². The van der Waals surface area contributed by atoms with Gasteiger partial charge in [-0.3, -0.25) is 0 Å². The first-order chi connectivity index (χ1) is 14.5. The van der Waals surface area contributed by atoms with Gasteiger partial charge in [-0.1, -0.05) is 83.5 Å². The van der Waals surface area contributed by atoms with Crippen molar-refractivity contribution in [1.29, 1.82) is 0 Å². The van der Waals surface area contributed by atoms with Crippen molar-refractivity contribution in [1.82, 2.24) is 0 Å². The van der Waals surface area contributed by atoms with Gasteiger partial charge in [0, 0.05) is 19.0 Å². The normalized spacial score (nSPS) is 24.2. The summed E-state index contributed by atoms with van der Waals surface area (Å²) in [5.41, 5.74) is 0. The van der Waals surface area contributed by atoms with E-state index in [1.54, 1.807) is 6.92 Å². The molecule has 4 atom stereocenters. The zero-order valence-corrected chi connectivity index (χ0v) is 19.1. The van der Waals surface area contributed by atoms with Crippen LogP contribution in [0.1, 0.15) is 116 Å². The summed E-state index contributed by atoms with van der Waals surface area (Å²) in [6, 6.07) is 0. The SMILES string of the molecule is C[C@@H]1O[C@@H](OCCCCCCCCCCCCCCCCCC(=O)[O-])[C@H](O)C[C@H]1O. The second kappa shape index (κ2) is 17.9. The first kappa shape index (κ1) is 27.3. The quantitative estimate of drug-likeness (QED) is 0.303. The summed E-state index contributed by atoms with van der Waals surface area (Å²) >= 11 is 0. The maximum atomic E-state index is 10.3. The van der Waals surface area contributed by atoms with E-state index in [-0.39, 0.29) is 12.5 Å². The molecule has 1 aliphatic heterocycles. The van der Waals surface area contributed by atoms with E-state index >= 15 is 0 Å². The molecule has 6 heteroatoms. The number of aliphatic carboxylic acids is 1. The Balaban J connectivity index is 1.75. The van der Waals surface area contributed by atoms with Crippen LogP contribution in [-0.4, -0.2) is 47.4 Å². The molecule has 6 nitrogen and oxygen atoms in total. The fourth-order valence-corrected chi connectivity index (χ4v) is 3.96. The number of hydrogen-bond acceptors (Lipinski definition) is 6. The van der Waals surface area contributed by atoms with Gasteiger partial charge >= 0.3 is 0 Å². The third-order valence-electron chi connectivity index (χ3n) is 6.00. The summed E-state index contributed by atoms with van der Waals surface area (Å²) in [5.74, 6) is -0.925. The summed E-state index contributed by atoms with van der Waals surface area (Å²) < 4.78 is 11.1. The zero-order valence-electron chi connectivity index (χ0n) is 19.1. The van der Waals surface area contributed by atoms with Gasteiger partial charge in [0.05, 0.1) is 12.2 Å². The Bertz CT molecular complexity index is 417. The number of carbonyl (C=O) groups excluding carboxylic acids is 1. The molecular weight excluding hydrogens is 384 g/mol. The van der Waals surface area contributed by atoms with E-state index < -0.39 is 24.5 Å². The van der Waals surface area contributed by atoms with Crippen molar-refractivity contribution in [3.05, 3.63) is 0 Å². The number of hydrogen-bond donors (Lipinski definition) is 2. The molecule has 0 aliphatic carbocycles. The lowest BCUT2D eigenvalue weighted by Crippen LogP contribution is -2.47. The number of carbonyl (C=O) groups is 1. The van der Waals surface area contributed by atoms with E-state index in [1.165, 1.54) is 64.2 Å². The van der Waals surface area contributed by atoms with Crippen LogP contribution in [0.4, 0.5) is 0 Å². The molecule has 178 valence electrons. The predicted molar refractivity (Wildman–Crippen MR) is 116 cm³/mol. The molecule has 1 aliphatic rings. The number of carboxylic acid groups (broad SMARTS) is 1. The summed E-state index contributed by atoms with van der Waals surface area (Å²) in [4.78, 5) is 10.3. The first-order valence-corrected chi connectivity index (χ1v) is 12.3. The van der Waals surface area contributed by atoms with Gasteiger partial charge in [0.1, 0.15) is 6.10 Å². The number of rotatable bonds is 19. The monoisotopic (exact) mass is 429 g/mol. The number of ether oxygens (including phenoxy) is 2. The van der Waals surface area contributed by atoms with Crippen LogP contribution in [-0.2, 0) is 14.3 Å². The molecule has 0 aromatic carbocycles. The van der Waals surface area contributed by atoms with Crippen molar-refractivity contribution in [2.75, 3.05) is 6.61 Å². The van der Waals surface area contributed by atoms with Crippen molar-refractivity contribution >= 4 is 5.97 Å². The predicted octanol–water partition coefficient (Wildman–Crippen LogP) is 3.85. The second-order valence-electron chi connectivity index (χ2n) is 8.88. The van der Waals surface area contributed by atoms with Gasteiger partial charge in [-0.05, 0) is 26.2 Å². The number of aliphatic hydroxyl groups excluding tert-OH is 2. The molecule has 0 amide bonds. The highest BCUT2D eigenvalue weighted by Gasteiger charge is 2.34. The van der Waals surface area contributed by atoms with Crippen molar-refractivity contribution in [3.8, 4) is 0 Å². The van der Waals surface area contributed by atoms with Crippen LogP contribution in [0, 0.1) is 0 Å². The standard InChI is InChI=1S/C24H46O6/c1-20-21(25)19-22(26)24(30-20)29-18-16-14-12-10-8-6-4-2-3-5-7-9-11-13-15-17-23(27)28/h20-22,24-26H,2-19H2,1H3,(H,27,28)/p-1/t20-,21+,22+,24+/m0/s1. The fraction of sp³-hybridized carbons (Fsp3) is 0.958. The van der Waals surface area contributed by atoms with E-state index in [0.29, 0.717) is 13.0 Å². The molecule has 1 heterocycles. The third-order valence-corrected chi connectivity index (χ3v) is 6.00. The molecule has 0 aromatic rings. The lowest BCUT2D eigenvalue weighted by Gasteiger charge is -2.35. The van der Waals surface area contributed by atoms with Gasteiger partial charge < -0.3 is 29.6 Å². The maximum absolute atomic E-state index is 10.3. The minimum Gasteiger partial charge on any atom is -0.550 e. The number of unbranched alkanes of at least 4 members (excludes halogenated alkanes) is 14. The zero-order chi connectivity index (χ0) is 22.0. The molecule has 1 fully saturated rings. The van der Waals surface area contributed by atoms with Gasteiger partial charge in [-0.15, -0.1) is 0 Å². The highest BCUT2D eigenvalue weighted by Crippen LogP contribution is 2.21. The highest BCUT2D eigenvalue weighted by molar-refractivity contribution is 5.63. The molecule has 0 bridgehead atoms. The largest absolute Gasteiger partial charge is 0.550 e. The van der Waals surface area contributed by atoms with Crippen LogP contribution in [0.2, 0.25) is 0 Å². The van der Waals surface area contributed by atoms with Gasteiger partial charge in [-0.2, -0.15) is 0 Å². The Morgan fingerprint density at radius 2 is 1.23 bits per heavy atom. The third kappa shape index (κ3) is 14.3. The van der Waals surface area contributed by atoms with E-state index in [2.05, 4.69) is 0 Å². The van der Waals surface area contributed by atoms with Gasteiger partial charge in [0.15, 0.2) is 6.29 Å². The molecule has 1 rings (SSSR count). The molecule has 2 N–H and O–H groups in total. The Morgan fingerprint density at radius 3 is 1.70 bits per heavy atom. The van der Waals surface area contributed by atoms with Crippen molar-refractivity contribution in [3.63, 3.8) is 0 Å². The summed E-state index contributed by atoms with van der Waals surface area (Å²) in [6.45, 7) is 2.40. The van der Waals surface area contributed by atoms with E-state index in [1.807, 2.05) is 0 Å². The minimum absolute atomic E-state index is 0.207. The molecule has 0 spiro atoms. The topological polar surface area (TPSA) is 99.1 Å². The summed E-state index contributed by atoms with van der Waals surface area (Å²) in [6.07, 6.45) is 16.2. The van der Waals surface area contributed by atoms with Gasteiger partial charge in [0.2, 0.25) is 0 Å². The lowest BCUT2D eigenvalue weighted by atomic mass is 10.0. The number of aliphatic hydroxyl groups is 2. The van der Waals surface area contributed by atoms with Crippen molar-refractivity contribution in [2.24, 2.45) is 0 Å². The minimum atomic E-state index is -0.925. The molecule has 0 radical (unpaired) electrons. The Morgan fingerprint density at radius 1 is 0.800 bits per heavy atom. The van der Waals surface area contributed by atoms with Crippen LogP contribution >= 0.6 is 0 Å². The Labute approximate surface area is 183 Å². The smallest absolute Gasteiger partial charge is 0.183 e. The average molecular weight is 430 g/mol. The second-order valence-corrected chi connectivity index (χ2v) is 8.88. The lowest BCUT2D eigenvalue weighted by molar-refractivity contribution is -0.305. The molecule has 0 unspecified atom stereocenters. The van der Waals surface area contributed by atoms with Crippen LogP contribution in [0.3, 0.4) is 0 Å². The first-order valence-electron chi connectivity index (χ1n) is 12.3. The Hall–Kier alpha value is -0.690. The highest BCUT2D eigenvalue weighted by atomic mass is 16.7. The molecule has 0 aromatic heterocycles. The molecule has 30 heavy (non-hydrogen) atoms. The van der Waals surface area contributed by atoms with Crippen molar-refractivity contribution in [2.45, 2.75) is 141 Å². The van der Waals surface area contributed by atoms with E-state index in [4.69, 9.17) is 9.47 Å². The average Bonchev–Trinajstić information content (AvgIpc) is 2.70. The fourth-order valence-electron chi connectivity index (χ4n) is 3.96. The molecule has 1 saturated heterocycles. The van der Waals surface area contributed by atoms with Crippen LogP contribution < -0.4 is 5.11 Å². The summed E-state index contributed by atoms with van der Waals surface area (Å²) in [7, 11) is 0. The van der Waals surface area contributed by atoms with Gasteiger partial charge in [0.25, 0.3) is 0 Å². The number of carboxylic acids is 1. The summed E-state index contributed by atoms with van der Waals surface area (Å²) in [5, 5.41) is 29.8. The Kier molecular flexibility index (Phi) is 16.3.